The number of hydrogen-bond acceptors (Lipinski definition) is 4. The molecule has 1 aliphatic rings. The van der Waals surface area contributed by atoms with Gasteiger partial charge in [0.25, 0.3) is 0 Å². The Morgan fingerprint density at radius 1 is 1.53 bits per heavy atom. The number of nitrogens with one attached hydrogen (secondary N) is 1. The van der Waals surface area contributed by atoms with E-state index in [1.54, 1.807) is 6.26 Å². The number of nitrogens with zero attached hydrogens (tertiary/aromatic N) is 1. The predicted octanol–water partition coefficient (Wildman–Crippen LogP) is 1.61. The molecular weight excluding hydrogens is 216 g/mol. The van der Waals surface area contributed by atoms with Gasteiger partial charge in [0.1, 0.15) is 5.76 Å². The lowest BCUT2D eigenvalue weighted by Gasteiger charge is -2.22. The first kappa shape index (κ1) is 12.6. The maximum Gasteiger partial charge on any atom is 0.122 e. The highest BCUT2D eigenvalue weighted by Crippen LogP contribution is 2.17. The summed E-state index contributed by atoms with van der Waals surface area (Å²) in [5, 5.41) is 3.33. The molecule has 1 aromatic rings. The van der Waals surface area contributed by atoms with Crippen LogP contribution in [-0.2, 0) is 17.8 Å². The maximum atomic E-state index is 5.57. The highest BCUT2D eigenvalue weighted by Gasteiger charge is 2.21. The fraction of sp³-hybridized carbons (Fsp3) is 0.692. The van der Waals surface area contributed by atoms with Crippen LogP contribution in [0.4, 0.5) is 0 Å². The molecule has 2 heterocycles. The van der Waals surface area contributed by atoms with Crippen molar-refractivity contribution in [3.05, 3.63) is 23.7 Å². The third-order valence-corrected chi connectivity index (χ3v) is 3.33. The molecule has 1 fully saturated rings. The Kier molecular flexibility index (Phi) is 4.59. The highest BCUT2D eigenvalue weighted by atomic mass is 16.5. The largest absolute Gasteiger partial charge is 0.468 e. The number of ether oxygens (including phenoxy) is 1. The van der Waals surface area contributed by atoms with Crippen LogP contribution >= 0.6 is 0 Å². The number of rotatable bonds is 6. The second kappa shape index (κ2) is 6.19. The molecule has 0 spiro atoms. The molecule has 4 heteroatoms. The van der Waals surface area contributed by atoms with E-state index in [0.29, 0.717) is 6.04 Å². The van der Waals surface area contributed by atoms with Crippen LogP contribution in [0.5, 0.6) is 0 Å². The van der Waals surface area contributed by atoms with E-state index >= 15 is 0 Å². The summed E-state index contributed by atoms with van der Waals surface area (Å²) in [4.78, 5) is 2.32. The van der Waals surface area contributed by atoms with E-state index in [2.05, 4.69) is 30.3 Å². The first-order valence-electron chi connectivity index (χ1n) is 6.35. The van der Waals surface area contributed by atoms with Crippen LogP contribution in [-0.4, -0.2) is 37.7 Å². The van der Waals surface area contributed by atoms with Crippen LogP contribution < -0.4 is 5.32 Å². The monoisotopic (exact) mass is 238 g/mol. The Hall–Kier alpha value is -0.840. The summed E-state index contributed by atoms with van der Waals surface area (Å²) in [5.74, 6) is 1.07. The van der Waals surface area contributed by atoms with Crippen molar-refractivity contribution in [3.63, 3.8) is 0 Å². The van der Waals surface area contributed by atoms with E-state index in [9.17, 15) is 0 Å². The molecule has 1 N–H and O–H groups in total. The smallest absolute Gasteiger partial charge is 0.122 e. The molecule has 1 aromatic heterocycles. The third-order valence-electron chi connectivity index (χ3n) is 3.33. The van der Waals surface area contributed by atoms with Crippen molar-refractivity contribution >= 4 is 0 Å². The predicted molar refractivity (Wildman–Crippen MR) is 66.8 cm³/mol. The van der Waals surface area contributed by atoms with Gasteiger partial charge in [0.05, 0.1) is 19.4 Å². The Balaban J connectivity index is 1.90. The number of hydrogen-bond donors (Lipinski definition) is 1. The molecule has 0 radical (unpaired) electrons. The van der Waals surface area contributed by atoms with Crippen molar-refractivity contribution < 1.29 is 9.15 Å². The van der Waals surface area contributed by atoms with Gasteiger partial charge in [0, 0.05) is 24.8 Å². The molecule has 0 amide bonds. The summed E-state index contributed by atoms with van der Waals surface area (Å²) < 4.78 is 11.0. The van der Waals surface area contributed by atoms with Crippen molar-refractivity contribution in [2.24, 2.45) is 0 Å². The molecule has 17 heavy (non-hydrogen) atoms. The molecule has 0 saturated carbocycles. The molecule has 4 nitrogen and oxygen atoms in total. The average Bonchev–Trinajstić information content (AvgIpc) is 2.97. The minimum Gasteiger partial charge on any atom is -0.468 e. The lowest BCUT2D eigenvalue weighted by atomic mass is 10.2. The van der Waals surface area contributed by atoms with Gasteiger partial charge in [-0.15, -0.1) is 0 Å². The van der Waals surface area contributed by atoms with Crippen molar-refractivity contribution in [2.75, 3.05) is 26.8 Å². The summed E-state index contributed by atoms with van der Waals surface area (Å²) in [5.41, 5.74) is 1.26. The van der Waals surface area contributed by atoms with Crippen molar-refractivity contribution in [2.45, 2.75) is 32.5 Å². The Morgan fingerprint density at radius 3 is 3.12 bits per heavy atom. The standard InChI is InChI=1S/C13H22N2O2/c1-3-14-8-11-4-7-17-13(11)9-15(2)12-5-6-16-10-12/h4,7,12,14H,3,5-6,8-10H2,1-2H3. The highest BCUT2D eigenvalue weighted by molar-refractivity contribution is 5.16. The van der Waals surface area contributed by atoms with E-state index in [0.717, 1.165) is 45.0 Å². The molecule has 1 saturated heterocycles. The Morgan fingerprint density at radius 2 is 2.41 bits per heavy atom. The maximum absolute atomic E-state index is 5.57. The second-order valence-corrected chi connectivity index (χ2v) is 4.58. The molecule has 0 aromatic carbocycles. The van der Waals surface area contributed by atoms with Crippen molar-refractivity contribution in [1.29, 1.82) is 0 Å². The zero-order valence-corrected chi connectivity index (χ0v) is 10.7. The van der Waals surface area contributed by atoms with E-state index in [-0.39, 0.29) is 0 Å². The van der Waals surface area contributed by atoms with Crippen LogP contribution in [0.15, 0.2) is 16.7 Å². The number of likely N-dealkylation sites (N-methyl/N-ethyl adjacent to an activating group) is 1. The molecule has 0 aliphatic carbocycles. The third kappa shape index (κ3) is 3.31. The van der Waals surface area contributed by atoms with Gasteiger partial charge in [0.15, 0.2) is 0 Å². The molecule has 1 unspecified atom stereocenters. The van der Waals surface area contributed by atoms with Crippen molar-refractivity contribution in [3.8, 4) is 0 Å². The van der Waals surface area contributed by atoms with Crippen LogP contribution in [0.2, 0.25) is 0 Å². The summed E-state index contributed by atoms with van der Waals surface area (Å²) in [6.07, 6.45) is 2.90. The minimum absolute atomic E-state index is 0.534. The quantitative estimate of drug-likeness (QED) is 0.817. The van der Waals surface area contributed by atoms with Gasteiger partial charge in [-0.1, -0.05) is 6.92 Å². The zero-order chi connectivity index (χ0) is 12.1. The van der Waals surface area contributed by atoms with Gasteiger partial charge < -0.3 is 14.5 Å². The minimum atomic E-state index is 0.534. The lowest BCUT2D eigenvalue weighted by Crippen LogP contribution is -2.31. The normalized spacial score (nSPS) is 20.3. The SMILES string of the molecule is CCNCc1ccoc1CN(C)C1CCOC1. The average molecular weight is 238 g/mol. The first-order chi connectivity index (χ1) is 8.31. The van der Waals surface area contributed by atoms with Crippen LogP contribution in [0.1, 0.15) is 24.7 Å². The van der Waals surface area contributed by atoms with Gasteiger partial charge in [0.2, 0.25) is 0 Å². The van der Waals surface area contributed by atoms with Crippen LogP contribution in [0.3, 0.4) is 0 Å². The van der Waals surface area contributed by atoms with E-state index in [4.69, 9.17) is 9.15 Å². The molecule has 1 atom stereocenters. The Labute approximate surface area is 103 Å². The van der Waals surface area contributed by atoms with E-state index < -0.39 is 0 Å². The number of furan rings is 1. The van der Waals surface area contributed by atoms with Crippen LogP contribution in [0.25, 0.3) is 0 Å². The van der Waals surface area contributed by atoms with Crippen LogP contribution in [0, 0.1) is 0 Å². The molecule has 0 bridgehead atoms. The zero-order valence-electron chi connectivity index (χ0n) is 10.7. The van der Waals surface area contributed by atoms with Gasteiger partial charge in [-0.3, -0.25) is 4.90 Å². The fourth-order valence-electron chi connectivity index (χ4n) is 2.15. The van der Waals surface area contributed by atoms with Crippen molar-refractivity contribution in [1.82, 2.24) is 10.2 Å². The molecule has 2 rings (SSSR count). The summed E-state index contributed by atoms with van der Waals surface area (Å²) in [7, 11) is 2.14. The molecule has 1 aliphatic heterocycles. The second-order valence-electron chi connectivity index (χ2n) is 4.58. The summed E-state index contributed by atoms with van der Waals surface area (Å²) in [6.45, 7) is 6.58. The fourth-order valence-corrected chi connectivity index (χ4v) is 2.15. The topological polar surface area (TPSA) is 37.6 Å². The summed E-state index contributed by atoms with van der Waals surface area (Å²) >= 11 is 0. The van der Waals surface area contributed by atoms with Gasteiger partial charge in [-0.25, -0.2) is 0 Å². The van der Waals surface area contributed by atoms with Gasteiger partial charge in [-0.2, -0.15) is 0 Å². The summed E-state index contributed by atoms with van der Waals surface area (Å²) in [6, 6.07) is 2.59. The lowest BCUT2D eigenvalue weighted by molar-refractivity contribution is 0.151. The molecular formula is C13H22N2O2. The van der Waals surface area contributed by atoms with Gasteiger partial charge in [-0.05, 0) is 26.1 Å². The Bertz CT molecular complexity index is 332. The van der Waals surface area contributed by atoms with E-state index in [1.807, 2.05) is 0 Å². The molecule has 96 valence electrons. The van der Waals surface area contributed by atoms with Gasteiger partial charge >= 0.3 is 0 Å². The van der Waals surface area contributed by atoms with E-state index in [1.165, 1.54) is 5.56 Å². The first-order valence-corrected chi connectivity index (χ1v) is 6.35.